The van der Waals surface area contributed by atoms with Crippen LogP contribution in [0.25, 0.3) is 11.8 Å². The molecule has 0 fully saturated rings. The van der Waals surface area contributed by atoms with Crippen LogP contribution in [-0.4, -0.2) is 11.9 Å². The Kier molecular flexibility index (Phi) is 4.62. The largest absolute Gasteiger partial charge is 0.426 e. The molecule has 0 spiro atoms. The molecule has 0 radical (unpaired) electrons. The van der Waals surface area contributed by atoms with E-state index in [1.165, 1.54) is 6.92 Å². The van der Waals surface area contributed by atoms with Gasteiger partial charge in [0, 0.05) is 22.5 Å². The fraction of sp³-hybridized carbons (Fsp3) is 0.0526. The molecule has 5 heteroatoms. The smallest absolute Gasteiger partial charge is 0.343 e. The van der Waals surface area contributed by atoms with Crippen molar-refractivity contribution in [1.29, 1.82) is 0 Å². The number of rotatable bonds is 3. The zero-order valence-electron chi connectivity index (χ0n) is 12.8. The lowest BCUT2D eigenvalue weighted by Crippen LogP contribution is -2.03. The van der Waals surface area contributed by atoms with E-state index in [4.69, 9.17) is 9.47 Å². The molecule has 120 valence electrons. The number of hydrogen-bond donors (Lipinski definition) is 0. The molecule has 0 amide bonds. The Bertz CT molecular complexity index is 863. The number of para-hydroxylation sites is 1. The van der Waals surface area contributed by atoms with Gasteiger partial charge in [-0.15, -0.1) is 0 Å². The Hall–Kier alpha value is -2.66. The highest BCUT2D eigenvalue weighted by molar-refractivity contribution is 9.10. The predicted molar refractivity (Wildman–Crippen MR) is 93.9 cm³/mol. The van der Waals surface area contributed by atoms with Gasteiger partial charge in [0.1, 0.15) is 11.5 Å². The fourth-order valence-electron chi connectivity index (χ4n) is 2.26. The van der Waals surface area contributed by atoms with Crippen molar-refractivity contribution in [3.8, 4) is 5.75 Å². The normalized spacial score (nSPS) is 15.2. The fourth-order valence-corrected chi connectivity index (χ4v) is 2.52. The average molecular weight is 385 g/mol. The van der Waals surface area contributed by atoms with Crippen LogP contribution in [0.3, 0.4) is 0 Å². The van der Waals surface area contributed by atoms with Crippen molar-refractivity contribution in [3.63, 3.8) is 0 Å². The summed E-state index contributed by atoms with van der Waals surface area (Å²) < 4.78 is 11.4. The van der Waals surface area contributed by atoms with Crippen molar-refractivity contribution in [2.75, 3.05) is 0 Å². The van der Waals surface area contributed by atoms with E-state index in [0.29, 0.717) is 22.6 Å². The molecule has 0 N–H and O–H groups in total. The van der Waals surface area contributed by atoms with Gasteiger partial charge >= 0.3 is 11.9 Å². The van der Waals surface area contributed by atoms with Crippen molar-refractivity contribution in [2.24, 2.45) is 0 Å². The molecule has 24 heavy (non-hydrogen) atoms. The Labute approximate surface area is 147 Å². The third kappa shape index (κ3) is 3.63. The lowest BCUT2D eigenvalue weighted by atomic mass is 10.1. The molecule has 0 unspecified atom stereocenters. The summed E-state index contributed by atoms with van der Waals surface area (Å²) >= 11 is 3.37. The molecule has 2 aromatic rings. The van der Waals surface area contributed by atoms with E-state index in [-0.39, 0.29) is 0 Å². The molecule has 2 aromatic carbocycles. The molecule has 0 aromatic heterocycles. The van der Waals surface area contributed by atoms with E-state index in [9.17, 15) is 9.59 Å². The predicted octanol–water partition coefficient (Wildman–Crippen LogP) is 4.36. The molecule has 3 rings (SSSR count). The maximum absolute atomic E-state index is 12.1. The van der Waals surface area contributed by atoms with Crippen molar-refractivity contribution in [2.45, 2.75) is 6.92 Å². The van der Waals surface area contributed by atoms with Crippen LogP contribution in [-0.2, 0) is 14.3 Å². The summed E-state index contributed by atoms with van der Waals surface area (Å²) in [6, 6.07) is 14.5. The van der Waals surface area contributed by atoms with E-state index in [0.717, 1.165) is 10.0 Å². The first-order chi connectivity index (χ1) is 11.5. The number of halogens is 1. The number of esters is 2. The van der Waals surface area contributed by atoms with Gasteiger partial charge in [-0.25, -0.2) is 4.79 Å². The summed E-state index contributed by atoms with van der Waals surface area (Å²) in [7, 11) is 0. The second-order valence-corrected chi connectivity index (χ2v) is 6.05. The molecule has 1 heterocycles. The van der Waals surface area contributed by atoms with Crippen molar-refractivity contribution in [3.05, 3.63) is 75.8 Å². The number of carbonyl (C=O) groups is 2. The molecular formula is C19H13BrO4. The molecule has 0 saturated heterocycles. The van der Waals surface area contributed by atoms with E-state index in [1.54, 1.807) is 36.4 Å². The van der Waals surface area contributed by atoms with Crippen molar-refractivity contribution < 1.29 is 19.1 Å². The minimum Gasteiger partial charge on any atom is -0.426 e. The van der Waals surface area contributed by atoms with Crippen LogP contribution in [0.15, 0.2) is 64.7 Å². The molecule has 1 aliphatic heterocycles. The summed E-state index contributed by atoms with van der Waals surface area (Å²) in [5.41, 5.74) is 1.84. The van der Waals surface area contributed by atoms with Crippen LogP contribution < -0.4 is 4.74 Å². The Morgan fingerprint density at radius 3 is 2.54 bits per heavy atom. The highest BCUT2D eigenvalue weighted by atomic mass is 79.9. The van der Waals surface area contributed by atoms with Crippen LogP contribution in [0, 0.1) is 0 Å². The van der Waals surface area contributed by atoms with Crippen LogP contribution in [0.4, 0.5) is 0 Å². The summed E-state index contributed by atoms with van der Waals surface area (Å²) in [5, 5.41) is 0. The van der Waals surface area contributed by atoms with E-state index < -0.39 is 11.9 Å². The van der Waals surface area contributed by atoms with Gasteiger partial charge in [0.2, 0.25) is 0 Å². The summed E-state index contributed by atoms with van der Waals surface area (Å²) in [5.74, 6) is 0.0333. The molecular weight excluding hydrogens is 372 g/mol. The third-order valence-corrected chi connectivity index (χ3v) is 3.87. The second-order valence-electron chi connectivity index (χ2n) is 5.14. The summed E-state index contributed by atoms with van der Waals surface area (Å²) in [6.07, 6.45) is 3.32. The first-order valence-corrected chi connectivity index (χ1v) is 8.01. The van der Waals surface area contributed by atoms with Gasteiger partial charge in [-0.2, -0.15) is 0 Å². The van der Waals surface area contributed by atoms with Gasteiger partial charge in [-0.05, 0) is 30.4 Å². The van der Waals surface area contributed by atoms with Gasteiger partial charge in [0.25, 0.3) is 0 Å². The zero-order chi connectivity index (χ0) is 17.1. The monoisotopic (exact) mass is 384 g/mol. The lowest BCUT2D eigenvalue weighted by Gasteiger charge is -2.05. The van der Waals surface area contributed by atoms with Crippen LogP contribution >= 0.6 is 15.9 Å². The first kappa shape index (κ1) is 16.2. The SMILES string of the molecule is CC(=O)Oc1ccccc1/C=C1/C=C(c2ccc(Br)cc2)OC1=O. The molecule has 0 bridgehead atoms. The van der Waals surface area contributed by atoms with E-state index >= 15 is 0 Å². The summed E-state index contributed by atoms with van der Waals surface area (Å²) in [6.45, 7) is 1.33. The maximum Gasteiger partial charge on any atom is 0.343 e. The first-order valence-electron chi connectivity index (χ1n) is 7.22. The minimum absolute atomic E-state index is 0.396. The molecule has 1 aliphatic rings. The van der Waals surface area contributed by atoms with Gasteiger partial charge < -0.3 is 9.47 Å². The minimum atomic E-state index is -0.439. The standard InChI is InChI=1S/C19H13BrO4/c1-12(21)23-17-5-3-2-4-14(17)10-15-11-18(24-19(15)22)13-6-8-16(20)9-7-13/h2-11H,1H3/b15-10-. The number of benzene rings is 2. The van der Waals surface area contributed by atoms with E-state index in [1.807, 2.05) is 24.3 Å². The molecule has 0 atom stereocenters. The quantitative estimate of drug-likeness (QED) is 0.448. The van der Waals surface area contributed by atoms with Crippen LogP contribution in [0.1, 0.15) is 18.1 Å². The average Bonchev–Trinajstić information content (AvgIpc) is 2.90. The van der Waals surface area contributed by atoms with Crippen molar-refractivity contribution in [1.82, 2.24) is 0 Å². The summed E-state index contributed by atoms with van der Waals surface area (Å²) in [4.78, 5) is 23.3. The molecule has 4 nitrogen and oxygen atoms in total. The topological polar surface area (TPSA) is 52.6 Å². The van der Waals surface area contributed by atoms with E-state index in [2.05, 4.69) is 15.9 Å². The molecule has 0 saturated carbocycles. The Balaban J connectivity index is 1.94. The Morgan fingerprint density at radius 2 is 1.83 bits per heavy atom. The highest BCUT2D eigenvalue weighted by Crippen LogP contribution is 2.30. The van der Waals surface area contributed by atoms with Crippen molar-refractivity contribution >= 4 is 39.7 Å². The van der Waals surface area contributed by atoms with Crippen LogP contribution in [0.2, 0.25) is 0 Å². The van der Waals surface area contributed by atoms with Crippen LogP contribution in [0.5, 0.6) is 5.75 Å². The van der Waals surface area contributed by atoms with Gasteiger partial charge in [0.05, 0.1) is 5.57 Å². The number of hydrogen-bond acceptors (Lipinski definition) is 4. The van der Waals surface area contributed by atoms with Gasteiger partial charge in [-0.3, -0.25) is 4.79 Å². The molecule has 0 aliphatic carbocycles. The van der Waals surface area contributed by atoms with Gasteiger partial charge in [0.15, 0.2) is 0 Å². The Morgan fingerprint density at radius 1 is 1.12 bits per heavy atom. The number of carbonyl (C=O) groups excluding carboxylic acids is 2. The lowest BCUT2D eigenvalue weighted by molar-refractivity contribution is -0.132. The maximum atomic E-state index is 12.1. The second kappa shape index (κ2) is 6.84. The number of cyclic esters (lactones) is 1. The zero-order valence-corrected chi connectivity index (χ0v) is 14.4. The van der Waals surface area contributed by atoms with Gasteiger partial charge in [-0.1, -0.05) is 46.3 Å². The number of ether oxygens (including phenoxy) is 2. The highest BCUT2D eigenvalue weighted by Gasteiger charge is 2.22. The third-order valence-electron chi connectivity index (χ3n) is 3.34.